The van der Waals surface area contributed by atoms with Crippen LogP contribution >= 0.6 is 11.6 Å². The molecule has 1 heterocycles. The highest BCUT2D eigenvalue weighted by molar-refractivity contribution is 6.17. The quantitative estimate of drug-likeness (QED) is 0.765. The zero-order valence-corrected chi connectivity index (χ0v) is 11.4. The molecular formula is C13H15ClFN3O. The molecule has 2 rings (SSSR count). The maximum Gasteiger partial charge on any atom is 0.165 e. The molecule has 0 fully saturated rings. The third-order valence-electron chi connectivity index (χ3n) is 2.64. The number of alkyl halides is 1. The van der Waals surface area contributed by atoms with Gasteiger partial charge in [-0.25, -0.2) is 14.1 Å². The first-order valence-corrected chi connectivity index (χ1v) is 6.62. The minimum Gasteiger partial charge on any atom is -0.483 e. The Morgan fingerprint density at radius 3 is 2.95 bits per heavy atom. The fourth-order valence-corrected chi connectivity index (χ4v) is 1.85. The second-order valence-electron chi connectivity index (χ2n) is 4.09. The predicted molar refractivity (Wildman–Crippen MR) is 70.6 cm³/mol. The van der Waals surface area contributed by atoms with Crippen molar-refractivity contribution in [1.82, 2.24) is 14.8 Å². The molecule has 0 aliphatic rings. The molecular weight excluding hydrogens is 269 g/mol. The summed E-state index contributed by atoms with van der Waals surface area (Å²) in [6.07, 6.45) is 2.43. The lowest BCUT2D eigenvalue weighted by Gasteiger charge is -2.08. The van der Waals surface area contributed by atoms with E-state index in [-0.39, 0.29) is 18.2 Å². The second-order valence-corrected chi connectivity index (χ2v) is 4.35. The molecule has 1 aromatic heterocycles. The maximum atomic E-state index is 13.7. The van der Waals surface area contributed by atoms with Crippen molar-refractivity contribution in [2.24, 2.45) is 0 Å². The van der Waals surface area contributed by atoms with Gasteiger partial charge in [0, 0.05) is 12.4 Å². The van der Waals surface area contributed by atoms with Crippen molar-refractivity contribution in [2.75, 3.05) is 0 Å². The molecule has 0 radical (unpaired) electrons. The Hall–Kier alpha value is -1.62. The van der Waals surface area contributed by atoms with Crippen molar-refractivity contribution in [3.63, 3.8) is 0 Å². The van der Waals surface area contributed by atoms with Gasteiger partial charge in [-0.2, -0.15) is 5.10 Å². The highest BCUT2D eigenvalue weighted by Gasteiger charge is 2.08. The van der Waals surface area contributed by atoms with Crippen LogP contribution in [0.2, 0.25) is 0 Å². The second kappa shape index (κ2) is 6.52. The van der Waals surface area contributed by atoms with Crippen LogP contribution in [0.1, 0.15) is 24.7 Å². The van der Waals surface area contributed by atoms with Crippen molar-refractivity contribution in [3.05, 3.63) is 41.7 Å². The highest BCUT2D eigenvalue weighted by atomic mass is 35.5. The van der Waals surface area contributed by atoms with Gasteiger partial charge in [0.05, 0.1) is 0 Å². The molecule has 0 bridgehead atoms. The summed E-state index contributed by atoms with van der Waals surface area (Å²) in [5, 5.41) is 4.08. The zero-order chi connectivity index (χ0) is 13.7. The topological polar surface area (TPSA) is 39.9 Å². The summed E-state index contributed by atoms with van der Waals surface area (Å²) in [5.41, 5.74) is 0.723. The number of aryl methyl sites for hydroxylation is 1. The van der Waals surface area contributed by atoms with Crippen LogP contribution in [0.25, 0.3) is 0 Å². The van der Waals surface area contributed by atoms with Crippen molar-refractivity contribution < 1.29 is 9.13 Å². The fourth-order valence-electron chi connectivity index (χ4n) is 1.69. The van der Waals surface area contributed by atoms with Crippen LogP contribution in [0.3, 0.4) is 0 Å². The molecule has 4 nitrogen and oxygen atoms in total. The van der Waals surface area contributed by atoms with Crippen molar-refractivity contribution in [1.29, 1.82) is 0 Å². The first-order chi connectivity index (χ1) is 9.24. The van der Waals surface area contributed by atoms with Crippen LogP contribution in [0.4, 0.5) is 4.39 Å². The van der Waals surface area contributed by atoms with E-state index in [4.69, 9.17) is 16.3 Å². The minimum absolute atomic E-state index is 0.192. The van der Waals surface area contributed by atoms with Gasteiger partial charge in [-0.05, 0) is 24.1 Å². The van der Waals surface area contributed by atoms with Crippen LogP contribution in [-0.4, -0.2) is 14.8 Å². The van der Waals surface area contributed by atoms with E-state index >= 15 is 0 Å². The Balaban J connectivity index is 2.04. The molecule has 102 valence electrons. The first kappa shape index (κ1) is 13.8. The van der Waals surface area contributed by atoms with E-state index in [0.717, 1.165) is 18.5 Å². The van der Waals surface area contributed by atoms with Crippen molar-refractivity contribution in [3.8, 4) is 5.75 Å². The Morgan fingerprint density at radius 2 is 2.26 bits per heavy atom. The standard InChI is InChI=1S/C13H15ClFN3O/c1-2-5-18-13(16-9-17-18)8-19-12-4-3-10(7-14)6-11(12)15/h3-4,6,9H,2,5,7-8H2,1H3. The third-order valence-corrected chi connectivity index (χ3v) is 2.95. The number of benzene rings is 1. The fraction of sp³-hybridized carbons (Fsp3) is 0.385. The number of aromatic nitrogens is 3. The number of rotatable bonds is 6. The summed E-state index contributed by atoms with van der Waals surface area (Å²) in [4.78, 5) is 4.10. The summed E-state index contributed by atoms with van der Waals surface area (Å²) in [6.45, 7) is 3.01. The van der Waals surface area contributed by atoms with E-state index in [1.54, 1.807) is 16.8 Å². The highest BCUT2D eigenvalue weighted by Crippen LogP contribution is 2.20. The van der Waals surface area contributed by atoms with Crippen molar-refractivity contribution in [2.45, 2.75) is 32.4 Å². The SMILES string of the molecule is CCCn1ncnc1COc1ccc(CCl)cc1F. The van der Waals surface area contributed by atoms with Crippen LogP contribution < -0.4 is 4.74 Å². The van der Waals surface area contributed by atoms with Crippen LogP contribution in [0.5, 0.6) is 5.75 Å². The van der Waals surface area contributed by atoms with Crippen LogP contribution in [-0.2, 0) is 19.0 Å². The van der Waals surface area contributed by atoms with Gasteiger partial charge in [-0.15, -0.1) is 11.6 Å². The average molecular weight is 284 g/mol. The minimum atomic E-state index is -0.417. The van der Waals surface area contributed by atoms with E-state index in [0.29, 0.717) is 5.82 Å². The van der Waals surface area contributed by atoms with Crippen molar-refractivity contribution >= 4 is 11.6 Å². The summed E-state index contributed by atoms with van der Waals surface area (Å²) in [5.74, 6) is 0.740. The van der Waals surface area contributed by atoms with Gasteiger partial charge in [0.2, 0.25) is 0 Å². The number of nitrogens with zero attached hydrogens (tertiary/aromatic N) is 3. The molecule has 1 aromatic carbocycles. The number of hydrogen-bond acceptors (Lipinski definition) is 3. The molecule has 6 heteroatoms. The normalized spacial score (nSPS) is 10.7. The van der Waals surface area contributed by atoms with Gasteiger partial charge in [0.15, 0.2) is 17.4 Å². The maximum absolute atomic E-state index is 13.7. The van der Waals surface area contributed by atoms with Gasteiger partial charge in [-0.3, -0.25) is 0 Å². The van der Waals surface area contributed by atoms with Gasteiger partial charge in [-0.1, -0.05) is 13.0 Å². The lowest BCUT2D eigenvalue weighted by Crippen LogP contribution is -2.09. The largest absolute Gasteiger partial charge is 0.483 e. The average Bonchev–Trinajstić information content (AvgIpc) is 2.85. The van der Waals surface area contributed by atoms with E-state index in [9.17, 15) is 4.39 Å². The van der Waals surface area contributed by atoms with Gasteiger partial charge in [0.25, 0.3) is 0 Å². The number of halogens is 2. The van der Waals surface area contributed by atoms with Gasteiger partial charge >= 0.3 is 0 Å². The molecule has 0 unspecified atom stereocenters. The summed E-state index contributed by atoms with van der Waals surface area (Å²) >= 11 is 5.64. The number of hydrogen-bond donors (Lipinski definition) is 0. The number of ether oxygens (including phenoxy) is 1. The Labute approximate surface area is 116 Å². The predicted octanol–water partition coefficient (Wildman–Crippen LogP) is 3.15. The van der Waals surface area contributed by atoms with E-state index < -0.39 is 5.82 Å². The lowest BCUT2D eigenvalue weighted by atomic mass is 10.2. The zero-order valence-electron chi connectivity index (χ0n) is 10.6. The summed E-state index contributed by atoms with van der Waals surface area (Å²) in [6, 6.07) is 4.69. The Kier molecular flexibility index (Phi) is 4.74. The van der Waals surface area contributed by atoms with Gasteiger partial charge in [0.1, 0.15) is 12.9 Å². The molecule has 0 aliphatic carbocycles. The molecule has 0 atom stereocenters. The van der Waals surface area contributed by atoms with Crippen LogP contribution in [0, 0.1) is 5.82 Å². The van der Waals surface area contributed by atoms with E-state index in [2.05, 4.69) is 17.0 Å². The first-order valence-electron chi connectivity index (χ1n) is 6.08. The van der Waals surface area contributed by atoms with Gasteiger partial charge < -0.3 is 4.74 Å². The molecule has 19 heavy (non-hydrogen) atoms. The molecule has 0 spiro atoms. The van der Waals surface area contributed by atoms with E-state index in [1.165, 1.54) is 12.4 Å². The summed E-state index contributed by atoms with van der Waals surface area (Å²) in [7, 11) is 0. The summed E-state index contributed by atoms with van der Waals surface area (Å²) < 4.78 is 20.9. The lowest BCUT2D eigenvalue weighted by molar-refractivity contribution is 0.272. The Bertz CT molecular complexity index is 544. The van der Waals surface area contributed by atoms with E-state index in [1.807, 2.05) is 0 Å². The monoisotopic (exact) mass is 283 g/mol. The molecule has 2 aromatic rings. The molecule has 0 saturated heterocycles. The smallest absolute Gasteiger partial charge is 0.165 e. The molecule has 0 amide bonds. The molecule has 0 aliphatic heterocycles. The van der Waals surface area contributed by atoms with Crippen LogP contribution in [0.15, 0.2) is 24.5 Å². The third kappa shape index (κ3) is 3.44. The Morgan fingerprint density at radius 1 is 1.42 bits per heavy atom. The molecule has 0 N–H and O–H groups in total. The molecule has 0 saturated carbocycles.